The van der Waals surface area contributed by atoms with E-state index in [2.05, 4.69) is 31.1 Å². The van der Waals surface area contributed by atoms with Crippen molar-refractivity contribution in [1.29, 1.82) is 0 Å². The highest BCUT2D eigenvalue weighted by Gasteiger charge is 2.19. The molecule has 156 valence electrons. The van der Waals surface area contributed by atoms with Crippen molar-refractivity contribution in [2.45, 2.75) is 26.7 Å². The summed E-state index contributed by atoms with van der Waals surface area (Å²) in [5.74, 6) is -3.61. The zero-order valence-corrected chi connectivity index (χ0v) is 16.7. The standard InChI is InChI=1S/C20H25F3O3.C2H4/c1-12(11-26-16-8-9-18(24)17(21)10-16)6-7-13(2)14(3)19(22)20(23)15(4)25-5;1-2/h8-10,12-13,24H,3-4,6-7,11H2,1-2,5H3;1-2H2/b20-19-;. The molecule has 0 aliphatic rings. The predicted octanol–water partition coefficient (Wildman–Crippen LogP) is 6.63. The lowest BCUT2D eigenvalue weighted by Crippen LogP contribution is -2.11. The maximum atomic E-state index is 14.0. The van der Waals surface area contributed by atoms with Crippen molar-refractivity contribution in [3.8, 4) is 11.5 Å². The Balaban J connectivity index is 0.00000352. The first-order chi connectivity index (χ1) is 13.2. The molecule has 0 aromatic heterocycles. The molecule has 1 aromatic carbocycles. The summed E-state index contributed by atoms with van der Waals surface area (Å²) in [7, 11) is 1.21. The minimum absolute atomic E-state index is 0.0504. The summed E-state index contributed by atoms with van der Waals surface area (Å²) in [5, 5.41) is 9.14. The molecular weight excluding hydrogens is 369 g/mol. The third-order valence-electron chi connectivity index (χ3n) is 4.11. The SMILES string of the molecule is C=C.C=C(OC)/C(F)=C(/F)C(=C)C(C)CCC(C)COc1ccc(O)c(F)c1. The highest BCUT2D eigenvalue weighted by Crippen LogP contribution is 2.30. The summed E-state index contributed by atoms with van der Waals surface area (Å²) < 4.78 is 51.1. The molecule has 3 nitrogen and oxygen atoms in total. The van der Waals surface area contributed by atoms with E-state index in [-0.39, 0.29) is 23.2 Å². The Morgan fingerprint density at radius 3 is 2.25 bits per heavy atom. The second-order valence-corrected chi connectivity index (χ2v) is 6.29. The molecule has 6 heteroatoms. The Bertz CT molecular complexity index is 698. The fourth-order valence-electron chi connectivity index (χ4n) is 2.18. The van der Waals surface area contributed by atoms with Gasteiger partial charge in [-0.15, -0.1) is 13.2 Å². The highest BCUT2D eigenvalue weighted by atomic mass is 19.2. The lowest BCUT2D eigenvalue weighted by Gasteiger charge is -2.18. The van der Waals surface area contributed by atoms with Gasteiger partial charge in [0, 0.05) is 6.07 Å². The van der Waals surface area contributed by atoms with E-state index in [0.29, 0.717) is 25.2 Å². The van der Waals surface area contributed by atoms with Gasteiger partial charge in [0.05, 0.1) is 13.7 Å². The van der Waals surface area contributed by atoms with Crippen LogP contribution in [0.4, 0.5) is 13.2 Å². The van der Waals surface area contributed by atoms with Crippen LogP contribution >= 0.6 is 0 Å². The van der Waals surface area contributed by atoms with Gasteiger partial charge in [0.2, 0.25) is 0 Å². The Labute approximate surface area is 165 Å². The van der Waals surface area contributed by atoms with E-state index in [0.717, 1.165) is 6.07 Å². The van der Waals surface area contributed by atoms with Crippen molar-refractivity contribution in [3.63, 3.8) is 0 Å². The van der Waals surface area contributed by atoms with Crippen LogP contribution in [-0.4, -0.2) is 18.8 Å². The molecule has 1 N–H and O–H groups in total. The summed E-state index contributed by atoms with van der Waals surface area (Å²) in [5.41, 5.74) is 0.0504. The number of ether oxygens (including phenoxy) is 2. The summed E-state index contributed by atoms with van der Waals surface area (Å²) in [6.07, 6.45) is 1.26. The van der Waals surface area contributed by atoms with Crippen molar-refractivity contribution in [3.05, 3.63) is 73.3 Å². The van der Waals surface area contributed by atoms with Gasteiger partial charge in [-0.05, 0) is 42.4 Å². The van der Waals surface area contributed by atoms with Crippen molar-refractivity contribution in [2.24, 2.45) is 11.8 Å². The lowest BCUT2D eigenvalue weighted by atomic mass is 9.92. The molecule has 0 radical (unpaired) electrons. The summed E-state index contributed by atoms with van der Waals surface area (Å²) in [6, 6.07) is 3.80. The minimum atomic E-state index is -1.14. The van der Waals surface area contributed by atoms with Crippen LogP contribution in [0.15, 0.2) is 67.5 Å². The summed E-state index contributed by atoms with van der Waals surface area (Å²) in [4.78, 5) is 0. The molecule has 1 rings (SSSR count). The van der Waals surface area contributed by atoms with Crippen LogP contribution in [0.5, 0.6) is 11.5 Å². The van der Waals surface area contributed by atoms with Crippen molar-refractivity contribution in [1.82, 2.24) is 0 Å². The number of benzene rings is 1. The van der Waals surface area contributed by atoms with Crippen LogP contribution in [0.25, 0.3) is 0 Å². The molecule has 0 spiro atoms. The number of rotatable bonds is 10. The lowest BCUT2D eigenvalue weighted by molar-refractivity contribution is 0.244. The number of hydrogen-bond donors (Lipinski definition) is 1. The molecule has 0 aliphatic heterocycles. The second kappa shape index (κ2) is 12.7. The molecule has 0 amide bonds. The predicted molar refractivity (Wildman–Crippen MR) is 107 cm³/mol. The first kappa shape index (κ1) is 25.4. The normalized spacial score (nSPS) is 13.4. The number of phenolic OH excluding ortho intramolecular Hbond substituents is 1. The maximum absolute atomic E-state index is 14.0. The van der Waals surface area contributed by atoms with E-state index in [4.69, 9.17) is 9.84 Å². The van der Waals surface area contributed by atoms with Gasteiger partial charge in [-0.3, -0.25) is 0 Å². The van der Waals surface area contributed by atoms with E-state index in [1.54, 1.807) is 6.92 Å². The molecule has 0 saturated carbocycles. The fraction of sp³-hybridized carbons (Fsp3) is 0.364. The number of methoxy groups -OCH3 is 1. The van der Waals surface area contributed by atoms with E-state index in [1.807, 2.05) is 6.92 Å². The van der Waals surface area contributed by atoms with Gasteiger partial charge in [0.1, 0.15) is 11.5 Å². The van der Waals surface area contributed by atoms with Gasteiger partial charge < -0.3 is 14.6 Å². The van der Waals surface area contributed by atoms with Crippen LogP contribution in [0.1, 0.15) is 26.7 Å². The Hall–Kier alpha value is -2.63. The quantitative estimate of drug-likeness (QED) is 0.273. The second-order valence-electron chi connectivity index (χ2n) is 6.29. The molecule has 0 fully saturated rings. The van der Waals surface area contributed by atoms with Crippen LogP contribution in [0, 0.1) is 17.7 Å². The third kappa shape index (κ3) is 7.94. The molecule has 1 aromatic rings. The van der Waals surface area contributed by atoms with E-state index >= 15 is 0 Å². The highest BCUT2D eigenvalue weighted by molar-refractivity contribution is 5.33. The molecule has 2 unspecified atom stereocenters. The summed E-state index contributed by atoms with van der Waals surface area (Å²) >= 11 is 0. The van der Waals surface area contributed by atoms with E-state index in [1.165, 1.54) is 19.2 Å². The topological polar surface area (TPSA) is 38.7 Å². The van der Waals surface area contributed by atoms with Crippen molar-refractivity contribution < 1.29 is 27.8 Å². The monoisotopic (exact) mass is 398 g/mol. The third-order valence-corrected chi connectivity index (χ3v) is 4.11. The Morgan fingerprint density at radius 2 is 1.71 bits per heavy atom. The van der Waals surface area contributed by atoms with E-state index in [9.17, 15) is 13.2 Å². The average molecular weight is 398 g/mol. The van der Waals surface area contributed by atoms with Gasteiger partial charge >= 0.3 is 0 Å². The maximum Gasteiger partial charge on any atom is 0.200 e. The summed E-state index contributed by atoms with van der Waals surface area (Å²) in [6.45, 7) is 16.9. The number of phenols is 1. The molecule has 0 bridgehead atoms. The van der Waals surface area contributed by atoms with Gasteiger partial charge in [-0.1, -0.05) is 27.0 Å². The van der Waals surface area contributed by atoms with Gasteiger partial charge in [-0.25, -0.2) is 8.78 Å². The van der Waals surface area contributed by atoms with Crippen LogP contribution in [0.2, 0.25) is 0 Å². The van der Waals surface area contributed by atoms with Crippen LogP contribution in [0.3, 0.4) is 0 Å². The van der Waals surface area contributed by atoms with Gasteiger partial charge in [0.25, 0.3) is 0 Å². The number of allylic oxidation sites excluding steroid dienone is 3. The number of hydrogen-bond acceptors (Lipinski definition) is 3. The Morgan fingerprint density at radius 1 is 1.11 bits per heavy atom. The molecule has 2 atom stereocenters. The number of aromatic hydroxyl groups is 1. The molecule has 0 heterocycles. The molecule has 0 saturated heterocycles. The van der Waals surface area contributed by atoms with Gasteiger partial charge in [-0.2, -0.15) is 4.39 Å². The zero-order valence-electron chi connectivity index (χ0n) is 16.7. The number of halogens is 3. The molecule has 0 aliphatic carbocycles. The Kier molecular flexibility index (Phi) is 11.5. The fourth-order valence-corrected chi connectivity index (χ4v) is 2.18. The first-order valence-electron chi connectivity index (χ1n) is 8.76. The largest absolute Gasteiger partial charge is 0.505 e. The smallest absolute Gasteiger partial charge is 0.200 e. The first-order valence-corrected chi connectivity index (χ1v) is 8.76. The van der Waals surface area contributed by atoms with Crippen LogP contribution in [-0.2, 0) is 4.74 Å². The zero-order chi connectivity index (χ0) is 21.9. The van der Waals surface area contributed by atoms with Crippen molar-refractivity contribution >= 4 is 0 Å². The molecular formula is C22H29F3O3. The molecule has 28 heavy (non-hydrogen) atoms. The van der Waals surface area contributed by atoms with Crippen LogP contribution < -0.4 is 4.74 Å². The average Bonchev–Trinajstić information content (AvgIpc) is 2.71. The van der Waals surface area contributed by atoms with Crippen molar-refractivity contribution in [2.75, 3.05) is 13.7 Å². The van der Waals surface area contributed by atoms with Gasteiger partial charge in [0.15, 0.2) is 23.2 Å². The van der Waals surface area contributed by atoms with E-state index < -0.39 is 23.2 Å². The minimum Gasteiger partial charge on any atom is -0.505 e.